The Morgan fingerprint density at radius 3 is 2.42 bits per heavy atom. The molecule has 4 rings (SSSR count). The second kappa shape index (κ2) is 7.38. The summed E-state index contributed by atoms with van der Waals surface area (Å²) in [7, 11) is 0. The largest absolute Gasteiger partial charge is 0.336 e. The van der Waals surface area contributed by atoms with Crippen molar-refractivity contribution in [3.05, 3.63) is 96.1 Å². The van der Waals surface area contributed by atoms with E-state index in [1.165, 1.54) is 32.4 Å². The number of aromatic nitrogens is 2. The van der Waals surface area contributed by atoms with Crippen molar-refractivity contribution in [1.82, 2.24) is 9.55 Å². The fraction of sp³-hybridized carbons (Fsp3) is 0.174. The predicted molar refractivity (Wildman–Crippen MR) is 111 cm³/mol. The highest BCUT2D eigenvalue weighted by atomic mass is 32.2. The Kier molecular flexibility index (Phi) is 4.81. The fourth-order valence-corrected chi connectivity index (χ4v) is 4.65. The van der Waals surface area contributed by atoms with E-state index >= 15 is 0 Å². The van der Waals surface area contributed by atoms with Crippen LogP contribution in [0.5, 0.6) is 0 Å². The molecule has 26 heavy (non-hydrogen) atoms. The van der Waals surface area contributed by atoms with Crippen LogP contribution < -0.4 is 0 Å². The van der Waals surface area contributed by atoms with Gasteiger partial charge in [-0.25, -0.2) is 4.98 Å². The van der Waals surface area contributed by atoms with Gasteiger partial charge in [0.1, 0.15) is 0 Å². The first kappa shape index (κ1) is 16.9. The third kappa shape index (κ3) is 3.54. The molecule has 0 saturated heterocycles. The lowest BCUT2D eigenvalue weighted by atomic mass is 10.0. The standard InChI is InChI=1S/C23H22N2S/c1-17-6-5-7-18(2)23(17)26-22(15-25-13-12-24-16-25)21-11-10-19-8-3-4-9-20(19)14-21/h3-14,16,22H,15H2,1-2H3. The van der Waals surface area contributed by atoms with E-state index in [1.807, 2.05) is 30.5 Å². The maximum absolute atomic E-state index is 4.21. The summed E-state index contributed by atoms with van der Waals surface area (Å²) in [5.41, 5.74) is 4.03. The third-order valence-electron chi connectivity index (χ3n) is 4.75. The van der Waals surface area contributed by atoms with Gasteiger partial charge in [-0.1, -0.05) is 54.6 Å². The first-order chi connectivity index (χ1) is 12.7. The second-order valence-electron chi connectivity index (χ2n) is 6.69. The summed E-state index contributed by atoms with van der Waals surface area (Å²) in [4.78, 5) is 5.60. The number of aryl methyl sites for hydroxylation is 2. The van der Waals surface area contributed by atoms with Crippen molar-refractivity contribution in [3.63, 3.8) is 0 Å². The van der Waals surface area contributed by atoms with Crippen molar-refractivity contribution in [2.24, 2.45) is 0 Å². The highest BCUT2D eigenvalue weighted by Crippen LogP contribution is 2.40. The van der Waals surface area contributed by atoms with E-state index in [0.29, 0.717) is 5.25 Å². The van der Waals surface area contributed by atoms with Gasteiger partial charge < -0.3 is 4.57 Å². The molecule has 0 aliphatic rings. The van der Waals surface area contributed by atoms with Crippen LogP contribution in [0.2, 0.25) is 0 Å². The van der Waals surface area contributed by atoms with E-state index in [4.69, 9.17) is 0 Å². The molecule has 130 valence electrons. The Morgan fingerprint density at radius 1 is 0.923 bits per heavy atom. The molecule has 4 aromatic rings. The highest BCUT2D eigenvalue weighted by molar-refractivity contribution is 7.99. The molecule has 0 saturated carbocycles. The molecule has 0 amide bonds. The molecule has 1 heterocycles. The molecular weight excluding hydrogens is 336 g/mol. The summed E-state index contributed by atoms with van der Waals surface area (Å²) in [5, 5.41) is 2.91. The minimum Gasteiger partial charge on any atom is -0.336 e. The Bertz CT molecular complexity index is 1000. The van der Waals surface area contributed by atoms with Gasteiger partial charge in [-0.15, -0.1) is 11.8 Å². The molecule has 0 aliphatic heterocycles. The molecule has 0 bridgehead atoms. The van der Waals surface area contributed by atoms with Crippen LogP contribution >= 0.6 is 11.8 Å². The van der Waals surface area contributed by atoms with Gasteiger partial charge in [0.2, 0.25) is 0 Å². The lowest BCUT2D eigenvalue weighted by Crippen LogP contribution is -2.06. The molecule has 2 nitrogen and oxygen atoms in total. The molecule has 0 spiro atoms. The first-order valence-electron chi connectivity index (χ1n) is 8.88. The van der Waals surface area contributed by atoms with Crippen LogP contribution in [-0.2, 0) is 6.54 Å². The summed E-state index contributed by atoms with van der Waals surface area (Å²) < 4.78 is 2.17. The minimum absolute atomic E-state index is 0.327. The van der Waals surface area contributed by atoms with Crippen molar-refractivity contribution < 1.29 is 0 Å². The molecule has 0 radical (unpaired) electrons. The van der Waals surface area contributed by atoms with Crippen molar-refractivity contribution in [1.29, 1.82) is 0 Å². The van der Waals surface area contributed by atoms with Gasteiger partial charge in [0, 0.05) is 23.8 Å². The second-order valence-corrected chi connectivity index (χ2v) is 7.91. The molecule has 0 aliphatic carbocycles. The zero-order valence-corrected chi connectivity index (χ0v) is 15.9. The van der Waals surface area contributed by atoms with E-state index in [-0.39, 0.29) is 0 Å². The van der Waals surface area contributed by atoms with Crippen molar-refractivity contribution in [2.45, 2.75) is 30.5 Å². The van der Waals surface area contributed by atoms with E-state index in [1.54, 1.807) is 0 Å². The first-order valence-corrected chi connectivity index (χ1v) is 9.76. The highest BCUT2D eigenvalue weighted by Gasteiger charge is 2.17. The van der Waals surface area contributed by atoms with Crippen molar-refractivity contribution in [2.75, 3.05) is 0 Å². The number of benzene rings is 3. The average molecular weight is 359 g/mol. The number of hydrogen-bond donors (Lipinski definition) is 0. The molecule has 0 fully saturated rings. The summed E-state index contributed by atoms with van der Waals surface area (Å²) in [5.74, 6) is 0. The van der Waals surface area contributed by atoms with Crippen molar-refractivity contribution >= 4 is 22.5 Å². The lowest BCUT2D eigenvalue weighted by molar-refractivity contribution is 0.683. The van der Waals surface area contributed by atoms with E-state index in [0.717, 1.165) is 6.54 Å². The SMILES string of the molecule is Cc1cccc(C)c1SC(Cn1ccnc1)c1ccc2ccccc2c1. The summed E-state index contributed by atoms with van der Waals surface area (Å²) in [6.45, 7) is 5.30. The molecular formula is C23H22N2S. The number of imidazole rings is 1. The number of fused-ring (bicyclic) bond motifs is 1. The zero-order valence-electron chi connectivity index (χ0n) is 15.1. The monoisotopic (exact) mass is 358 g/mol. The summed E-state index contributed by atoms with van der Waals surface area (Å²) in [6, 6.07) is 21.9. The van der Waals surface area contributed by atoms with Gasteiger partial charge in [-0.05, 0) is 47.4 Å². The van der Waals surface area contributed by atoms with Gasteiger partial charge in [-0.2, -0.15) is 0 Å². The Balaban J connectivity index is 1.74. The van der Waals surface area contributed by atoms with Crippen LogP contribution in [0.25, 0.3) is 10.8 Å². The Labute approximate surface area is 158 Å². The van der Waals surface area contributed by atoms with Gasteiger partial charge in [0.05, 0.1) is 11.6 Å². The van der Waals surface area contributed by atoms with E-state index < -0.39 is 0 Å². The lowest BCUT2D eigenvalue weighted by Gasteiger charge is -2.20. The van der Waals surface area contributed by atoms with Crippen LogP contribution in [0.3, 0.4) is 0 Å². The minimum atomic E-state index is 0.327. The van der Waals surface area contributed by atoms with Crippen LogP contribution in [0.15, 0.2) is 84.3 Å². The van der Waals surface area contributed by atoms with Gasteiger partial charge in [0.15, 0.2) is 0 Å². The molecule has 3 heteroatoms. The van der Waals surface area contributed by atoms with Gasteiger partial charge in [0.25, 0.3) is 0 Å². The number of nitrogens with zero attached hydrogens (tertiary/aromatic N) is 2. The molecule has 0 N–H and O–H groups in total. The fourth-order valence-electron chi connectivity index (χ4n) is 3.33. The maximum Gasteiger partial charge on any atom is 0.0946 e. The Hall–Kier alpha value is -2.52. The topological polar surface area (TPSA) is 17.8 Å². The zero-order chi connectivity index (χ0) is 17.9. The van der Waals surface area contributed by atoms with Gasteiger partial charge >= 0.3 is 0 Å². The van der Waals surface area contributed by atoms with Crippen LogP contribution in [0, 0.1) is 13.8 Å². The van der Waals surface area contributed by atoms with Gasteiger partial charge in [-0.3, -0.25) is 0 Å². The Morgan fingerprint density at radius 2 is 1.69 bits per heavy atom. The predicted octanol–water partition coefficient (Wildman–Crippen LogP) is 6.19. The van der Waals surface area contributed by atoms with Crippen LogP contribution in [0.4, 0.5) is 0 Å². The van der Waals surface area contributed by atoms with Crippen molar-refractivity contribution in [3.8, 4) is 0 Å². The third-order valence-corrected chi connectivity index (χ3v) is 6.34. The summed E-state index contributed by atoms with van der Waals surface area (Å²) in [6.07, 6.45) is 5.79. The number of rotatable bonds is 5. The van der Waals surface area contributed by atoms with E-state index in [9.17, 15) is 0 Å². The van der Waals surface area contributed by atoms with E-state index in [2.05, 4.69) is 84.1 Å². The number of thioether (sulfide) groups is 1. The average Bonchev–Trinajstić information content (AvgIpc) is 3.16. The molecule has 1 unspecified atom stereocenters. The summed E-state index contributed by atoms with van der Waals surface area (Å²) >= 11 is 1.95. The van der Waals surface area contributed by atoms with Crippen LogP contribution in [0.1, 0.15) is 21.9 Å². The van der Waals surface area contributed by atoms with Crippen LogP contribution in [-0.4, -0.2) is 9.55 Å². The quantitative estimate of drug-likeness (QED) is 0.396. The molecule has 3 aromatic carbocycles. The smallest absolute Gasteiger partial charge is 0.0946 e. The molecule has 1 atom stereocenters. The molecule has 1 aromatic heterocycles. The normalized spacial score (nSPS) is 12.4. The number of hydrogen-bond acceptors (Lipinski definition) is 2. The maximum atomic E-state index is 4.21.